The van der Waals surface area contributed by atoms with E-state index in [-0.39, 0.29) is 11.9 Å². The number of carbonyl (C=O) groups excluding carboxylic acids is 1. The number of hydrogen-bond acceptors (Lipinski definition) is 4. The average Bonchev–Trinajstić information content (AvgIpc) is 3.40. The molecular weight excluding hydrogens is 418 g/mol. The molecule has 1 aliphatic heterocycles. The molecule has 3 heterocycles. The van der Waals surface area contributed by atoms with Crippen molar-refractivity contribution in [1.82, 2.24) is 14.8 Å². The van der Waals surface area contributed by atoms with Crippen LogP contribution in [0.4, 0.5) is 0 Å². The largest absolute Gasteiger partial charge is 0.379 e. The van der Waals surface area contributed by atoms with Crippen LogP contribution < -0.4 is 5.32 Å². The van der Waals surface area contributed by atoms with Crippen LogP contribution >= 0.6 is 22.9 Å². The summed E-state index contributed by atoms with van der Waals surface area (Å²) in [6.45, 7) is 7.80. The first-order chi connectivity index (χ1) is 14.5. The van der Waals surface area contributed by atoms with Crippen molar-refractivity contribution in [3.63, 3.8) is 0 Å². The molecule has 1 aliphatic rings. The number of ether oxygens (including phenoxy) is 1. The number of thiophene rings is 1. The van der Waals surface area contributed by atoms with Gasteiger partial charge in [-0.3, -0.25) is 9.69 Å². The molecule has 158 valence electrons. The van der Waals surface area contributed by atoms with E-state index in [1.165, 1.54) is 4.88 Å². The van der Waals surface area contributed by atoms with Crippen LogP contribution in [0, 0.1) is 13.8 Å². The van der Waals surface area contributed by atoms with Gasteiger partial charge in [-0.15, -0.1) is 11.3 Å². The average molecular weight is 444 g/mol. The third kappa shape index (κ3) is 4.47. The van der Waals surface area contributed by atoms with Crippen molar-refractivity contribution in [3.05, 3.63) is 74.7 Å². The van der Waals surface area contributed by atoms with Crippen LogP contribution in [0.15, 0.2) is 47.8 Å². The Morgan fingerprint density at radius 2 is 1.90 bits per heavy atom. The molecule has 1 amide bonds. The predicted octanol–water partition coefficient (Wildman–Crippen LogP) is 4.61. The molecule has 0 radical (unpaired) electrons. The van der Waals surface area contributed by atoms with E-state index in [1.54, 1.807) is 17.4 Å². The van der Waals surface area contributed by atoms with Gasteiger partial charge >= 0.3 is 0 Å². The molecule has 0 aliphatic carbocycles. The first-order valence-corrected chi connectivity index (χ1v) is 11.4. The number of nitrogens with one attached hydrogen (secondary N) is 1. The zero-order chi connectivity index (χ0) is 21.1. The zero-order valence-corrected chi connectivity index (χ0v) is 18.8. The molecule has 0 saturated carbocycles. The summed E-state index contributed by atoms with van der Waals surface area (Å²) in [6.07, 6.45) is 0. The lowest BCUT2D eigenvalue weighted by Gasteiger charge is -2.34. The summed E-state index contributed by atoms with van der Waals surface area (Å²) in [5.41, 5.74) is 3.67. The minimum atomic E-state index is -0.154. The normalized spacial score (nSPS) is 15.8. The molecule has 1 unspecified atom stereocenters. The third-order valence-corrected chi connectivity index (χ3v) is 6.84. The van der Waals surface area contributed by atoms with Crippen molar-refractivity contribution < 1.29 is 9.53 Å². The van der Waals surface area contributed by atoms with E-state index < -0.39 is 0 Å². The summed E-state index contributed by atoms with van der Waals surface area (Å²) < 4.78 is 7.62. The lowest BCUT2D eigenvalue weighted by atomic mass is 10.1. The van der Waals surface area contributed by atoms with E-state index >= 15 is 0 Å². The predicted molar refractivity (Wildman–Crippen MR) is 122 cm³/mol. The third-order valence-electron chi connectivity index (χ3n) is 5.54. The number of amides is 1. The fourth-order valence-electron chi connectivity index (χ4n) is 3.97. The van der Waals surface area contributed by atoms with Gasteiger partial charge in [0.1, 0.15) is 0 Å². The Morgan fingerprint density at radius 3 is 2.57 bits per heavy atom. The summed E-state index contributed by atoms with van der Waals surface area (Å²) in [4.78, 5) is 16.7. The number of morpholine rings is 1. The van der Waals surface area contributed by atoms with Gasteiger partial charge in [-0.25, -0.2) is 0 Å². The Labute approximate surface area is 186 Å². The van der Waals surface area contributed by atoms with Crippen molar-refractivity contribution in [2.45, 2.75) is 19.9 Å². The molecule has 3 aromatic rings. The van der Waals surface area contributed by atoms with Gasteiger partial charge in [0.15, 0.2) is 0 Å². The van der Waals surface area contributed by atoms with Gasteiger partial charge in [0.25, 0.3) is 5.91 Å². The van der Waals surface area contributed by atoms with E-state index in [4.69, 9.17) is 16.3 Å². The second-order valence-electron chi connectivity index (χ2n) is 7.51. The Balaban J connectivity index is 1.53. The highest BCUT2D eigenvalue weighted by Gasteiger charge is 2.24. The summed E-state index contributed by atoms with van der Waals surface area (Å²) in [5.74, 6) is -0.154. The summed E-state index contributed by atoms with van der Waals surface area (Å²) in [7, 11) is 0. The quantitative estimate of drug-likeness (QED) is 0.605. The van der Waals surface area contributed by atoms with Crippen LogP contribution in [0.1, 0.15) is 32.7 Å². The van der Waals surface area contributed by atoms with Crippen LogP contribution in [0.25, 0.3) is 5.69 Å². The van der Waals surface area contributed by atoms with Gasteiger partial charge in [-0.05, 0) is 55.6 Å². The van der Waals surface area contributed by atoms with Crippen molar-refractivity contribution in [1.29, 1.82) is 0 Å². The first-order valence-electron chi connectivity index (χ1n) is 10.1. The summed E-state index contributed by atoms with van der Waals surface area (Å²) in [6, 6.07) is 14.1. The molecule has 4 rings (SSSR count). The number of carbonyl (C=O) groups is 1. The Hall–Kier alpha value is -2.12. The fourth-order valence-corrected chi connectivity index (χ4v) is 5.03. The molecule has 0 bridgehead atoms. The standard InChI is InChI=1S/C23H26ClN3O2S/c1-16-5-6-17(2)27(16)18-7-8-20(24)19(14-18)23(28)25-15-21(22-4-3-13-30-22)26-9-11-29-12-10-26/h3-8,13-14,21H,9-12,15H2,1-2H3,(H,25,28). The molecule has 2 aromatic heterocycles. The SMILES string of the molecule is Cc1ccc(C)n1-c1ccc(Cl)c(C(=O)NCC(c2cccs2)N2CCOCC2)c1. The second-order valence-corrected chi connectivity index (χ2v) is 8.89. The molecule has 1 N–H and O–H groups in total. The van der Waals surface area contributed by atoms with Gasteiger partial charge < -0.3 is 14.6 Å². The highest BCUT2D eigenvalue weighted by Crippen LogP contribution is 2.26. The van der Waals surface area contributed by atoms with Gasteiger partial charge in [0.2, 0.25) is 0 Å². The molecule has 0 spiro atoms. The summed E-state index contributed by atoms with van der Waals surface area (Å²) >= 11 is 8.12. The number of benzene rings is 1. The maximum Gasteiger partial charge on any atom is 0.252 e. The highest BCUT2D eigenvalue weighted by atomic mass is 35.5. The molecule has 1 saturated heterocycles. The van der Waals surface area contributed by atoms with Crippen molar-refractivity contribution >= 4 is 28.8 Å². The van der Waals surface area contributed by atoms with Crippen LogP contribution in [0.3, 0.4) is 0 Å². The Bertz CT molecular complexity index is 990. The smallest absolute Gasteiger partial charge is 0.252 e. The van der Waals surface area contributed by atoms with Crippen LogP contribution in [-0.2, 0) is 4.74 Å². The van der Waals surface area contributed by atoms with E-state index in [0.29, 0.717) is 17.1 Å². The maximum atomic E-state index is 13.1. The van der Waals surface area contributed by atoms with E-state index in [9.17, 15) is 4.79 Å². The minimum absolute atomic E-state index is 0.133. The van der Waals surface area contributed by atoms with E-state index in [2.05, 4.69) is 58.3 Å². The lowest BCUT2D eigenvalue weighted by molar-refractivity contribution is 0.0169. The molecule has 30 heavy (non-hydrogen) atoms. The molecule has 1 atom stereocenters. The van der Waals surface area contributed by atoms with Crippen LogP contribution in [0.5, 0.6) is 0 Å². The van der Waals surface area contributed by atoms with Crippen molar-refractivity contribution in [3.8, 4) is 5.69 Å². The minimum Gasteiger partial charge on any atom is -0.379 e. The topological polar surface area (TPSA) is 46.5 Å². The Morgan fingerprint density at radius 1 is 1.17 bits per heavy atom. The maximum absolute atomic E-state index is 13.1. The number of nitrogens with zero attached hydrogens (tertiary/aromatic N) is 2. The molecule has 7 heteroatoms. The van der Waals surface area contributed by atoms with E-state index in [0.717, 1.165) is 43.4 Å². The summed E-state index contributed by atoms with van der Waals surface area (Å²) in [5, 5.41) is 5.65. The van der Waals surface area contributed by atoms with Gasteiger partial charge in [-0.1, -0.05) is 17.7 Å². The molecule has 5 nitrogen and oxygen atoms in total. The van der Waals surface area contributed by atoms with Crippen LogP contribution in [-0.4, -0.2) is 48.2 Å². The van der Waals surface area contributed by atoms with E-state index in [1.807, 2.05) is 12.1 Å². The zero-order valence-electron chi connectivity index (χ0n) is 17.2. The molecule has 1 fully saturated rings. The van der Waals surface area contributed by atoms with Crippen molar-refractivity contribution in [2.24, 2.45) is 0 Å². The highest BCUT2D eigenvalue weighted by molar-refractivity contribution is 7.10. The lowest BCUT2D eigenvalue weighted by Crippen LogP contribution is -2.43. The number of rotatable bonds is 6. The monoisotopic (exact) mass is 443 g/mol. The number of aryl methyl sites for hydroxylation is 2. The van der Waals surface area contributed by atoms with Gasteiger partial charge in [-0.2, -0.15) is 0 Å². The van der Waals surface area contributed by atoms with Gasteiger partial charge in [0.05, 0.1) is 29.8 Å². The fraction of sp³-hybridized carbons (Fsp3) is 0.348. The van der Waals surface area contributed by atoms with Crippen LogP contribution in [0.2, 0.25) is 5.02 Å². The number of hydrogen-bond donors (Lipinski definition) is 1. The second kappa shape index (κ2) is 9.35. The van der Waals surface area contributed by atoms with Crippen molar-refractivity contribution in [2.75, 3.05) is 32.8 Å². The Kier molecular flexibility index (Phi) is 6.58. The van der Waals surface area contributed by atoms with Gasteiger partial charge in [0, 0.05) is 41.6 Å². The number of halogens is 1. The molecule has 1 aromatic carbocycles. The first kappa shape index (κ1) is 21.1. The molecular formula is C23H26ClN3O2S. The number of aromatic nitrogens is 1.